The van der Waals surface area contributed by atoms with Crippen molar-refractivity contribution in [2.75, 3.05) is 6.61 Å². The molecule has 1 heterocycles. The third kappa shape index (κ3) is 3.33. The van der Waals surface area contributed by atoms with Crippen LogP contribution in [0.15, 0.2) is 11.1 Å². The van der Waals surface area contributed by atoms with Gasteiger partial charge in [0.25, 0.3) is 0 Å². The van der Waals surface area contributed by atoms with Gasteiger partial charge in [-0.05, 0) is 38.7 Å². The molecule has 0 spiro atoms. The molecule has 0 radical (unpaired) electrons. The van der Waals surface area contributed by atoms with Gasteiger partial charge in [0.15, 0.2) is 5.79 Å². The van der Waals surface area contributed by atoms with Gasteiger partial charge in [0.1, 0.15) is 0 Å². The molecule has 94 valence electrons. The Balaban J connectivity index is 2.83. The lowest BCUT2D eigenvalue weighted by Crippen LogP contribution is -2.40. The van der Waals surface area contributed by atoms with Gasteiger partial charge >= 0.3 is 0 Å². The Labute approximate surface area is 100 Å². The van der Waals surface area contributed by atoms with Gasteiger partial charge < -0.3 is 9.47 Å². The number of hydrogen-bond donors (Lipinski definition) is 0. The lowest BCUT2D eigenvalue weighted by atomic mass is 9.91. The smallest absolute Gasteiger partial charge is 0.163 e. The molecule has 0 aromatic heterocycles. The van der Waals surface area contributed by atoms with Crippen LogP contribution in [0.4, 0.5) is 0 Å². The molecule has 1 atom stereocenters. The van der Waals surface area contributed by atoms with Crippen molar-refractivity contribution < 1.29 is 9.47 Å². The highest BCUT2D eigenvalue weighted by molar-refractivity contribution is 5.18. The molecule has 0 aromatic carbocycles. The lowest BCUT2D eigenvalue weighted by Gasteiger charge is -2.37. The van der Waals surface area contributed by atoms with E-state index in [1.807, 2.05) is 13.8 Å². The predicted molar refractivity (Wildman–Crippen MR) is 67.4 cm³/mol. The van der Waals surface area contributed by atoms with Crippen LogP contribution < -0.4 is 0 Å². The van der Waals surface area contributed by atoms with Gasteiger partial charge in [0, 0.05) is 6.42 Å². The Hall–Kier alpha value is -0.340. The van der Waals surface area contributed by atoms with Crippen molar-refractivity contribution in [2.45, 2.75) is 66.3 Å². The minimum Gasteiger partial charge on any atom is -0.350 e. The zero-order valence-corrected chi connectivity index (χ0v) is 11.6. The summed E-state index contributed by atoms with van der Waals surface area (Å²) in [6, 6.07) is 0. The minimum atomic E-state index is -0.431. The van der Waals surface area contributed by atoms with Gasteiger partial charge in [-0.15, -0.1) is 0 Å². The molecule has 1 aliphatic heterocycles. The van der Waals surface area contributed by atoms with Gasteiger partial charge in [-0.1, -0.05) is 26.3 Å². The molecule has 0 aromatic rings. The summed E-state index contributed by atoms with van der Waals surface area (Å²) in [6.07, 6.45) is 2.33. The molecule has 2 heteroatoms. The maximum atomic E-state index is 5.99. The highest BCUT2D eigenvalue weighted by atomic mass is 16.7. The van der Waals surface area contributed by atoms with E-state index in [-0.39, 0.29) is 6.10 Å². The Bertz CT molecular complexity index is 264. The lowest BCUT2D eigenvalue weighted by molar-refractivity contribution is -0.265. The molecule has 16 heavy (non-hydrogen) atoms. The van der Waals surface area contributed by atoms with Crippen molar-refractivity contribution in [3.05, 3.63) is 11.1 Å². The van der Waals surface area contributed by atoms with E-state index in [1.54, 1.807) is 0 Å². The van der Waals surface area contributed by atoms with Crippen LogP contribution in [0, 0.1) is 5.92 Å². The normalized spacial score (nSPS) is 26.8. The zero-order chi connectivity index (χ0) is 12.3. The first-order valence-corrected chi connectivity index (χ1v) is 6.38. The number of rotatable bonds is 3. The molecule has 1 rings (SSSR count). The predicted octanol–water partition coefficient (Wildman–Crippen LogP) is 3.91. The van der Waals surface area contributed by atoms with Crippen molar-refractivity contribution in [3.8, 4) is 0 Å². The summed E-state index contributed by atoms with van der Waals surface area (Å²) in [6.45, 7) is 13.7. The van der Waals surface area contributed by atoms with E-state index in [2.05, 4.69) is 27.7 Å². The van der Waals surface area contributed by atoms with E-state index in [9.17, 15) is 0 Å². The van der Waals surface area contributed by atoms with Crippen molar-refractivity contribution in [2.24, 2.45) is 5.92 Å². The van der Waals surface area contributed by atoms with Gasteiger partial charge in [-0.3, -0.25) is 0 Å². The molecule has 2 nitrogen and oxygen atoms in total. The molecule has 0 bridgehead atoms. The van der Waals surface area contributed by atoms with E-state index in [1.165, 1.54) is 11.1 Å². The summed E-state index contributed by atoms with van der Waals surface area (Å²) in [5, 5.41) is 0. The summed E-state index contributed by atoms with van der Waals surface area (Å²) in [4.78, 5) is 0. The second kappa shape index (κ2) is 5.33. The first-order chi connectivity index (χ1) is 7.37. The van der Waals surface area contributed by atoms with E-state index < -0.39 is 5.79 Å². The van der Waals surface area contributed by atoms with Gasteiger partial charge in [-0.25, -0.2) is 0 Å². The Kier molecular flexibility index (Phi) is 4.57. The number of hydrogen-bond acceptors (Lipinski definition) is 2. The second-order valence-corrected chi connectivity index (χ2v) is 5.36. The standard InChI is InChI=1S/C14H26O2/c1-7-12(10(2)3)11(4)13-8-9-15-14(5,6)16-13/h10,13H,7-9H2,1-6H3/b12-11-. The third-order valence-electron chi connectivity index (χ3n) is 3.32. The van der Waals surface area contributed by atoms with Crippen LogP contribution in [0.1, 0.15) is 54.4 Å². The van der Waals surface area contributed by atoms with E-state index in [4.69, 9.17) is 9.47 Å². The molecule has 0 N–H and O–H groups in total. The minimum absolute atomic E-state index is 0.237. The van der Waals surface area contributed by atoms with Crippen LogP contribution >= 0.6 is 0 Å². The average molecular weight is 226 g/mol. The molecule has 1 aliphatic rings. The summed E-state index contributed by atoms with van der Waals surface area (Å²) in [5.41, 5.74) is 2.94. The van der Waals surface area contributed by atoms with E-state index >= 15 is 0 Å². The Morgan fingerprint density at radius 2 is 2.00 bits per heavy atom. The molecule has 0 amide bonds. The van der Waals surface area contributed by atoms with Crippen molar-refractivity contribution in [1.82, 2.24) is 0 Å². The summed E-state index contributed by atoms with van der Waals surface area (Å²) >= 11 is 0. The van der Waals surface area contributed by atoms with Crippen LogP contribution in [0.5, 0.6) is 0 Å². The highest BCUT2D eigenvalue weighted by Crippen LogP contribution is 2.30. The zero-order valence-electron chi connectivity index (χ0n) is 11.6. The topological polar surface area (TPSA) is 18.5 Å². The van der Waals surface area contributed by atoms with Crippen molar-refractivity contribution >= 4 is 0 Å². The van der Waals surface area contributed by atoms with E-state index in [0.717, 1.165) is 19.4 Å². The first-order valence-electron chi connectivity index (χ1n) is 6.38. The van der Waals surface area contributed by atoms with Crippen LogP contribution in [0.2, 0.25) is 0 Å². The molecule has 0 aliphatic carbocycles. The summed E-state index contributed by atoms with van der Waals surface area (Å²) in [7, 11) is 0. The van der Waals surface area contributed by atoms with Gasteiger partial charge in [-0.2, -0.15) is 0 Å². The molecular weight excluding hydrogens is 200 g/mol. The fraction of sp³-hybridized carbons (Fsp3) is 0.857. The largest absolute Gasteiger partial charge is 0.350 e. The molecular formula is C14H26O2. The molecule has 0 saturated carbocycles. The van der Waals surface area contributed by atoms with Crippen LogP contribution in [0.3, 0.4) is 0 Å². The third-order valence-corrected chi connectivity index (χ3v) is 3.32. The van der Waals surface area contributed by atoms with Crippen LogP contribution in [-0.4, -0.2) is 18.5 Å². The SMILES string of the molecule is CC/C(=C(\C)C1CCOC(C)(C)O1)C(C)C. The van der Waals surface area contributed by atoms with Gasteiger partial charge in [0.05, 0.1) is 12.7 Å². The fourth-order valence-electron chi connectivity index (χ4n) is 2.50. The maximum absolute atomic E-state index is 5.99. The monoisotopic (exact) mass is 226 g/mol. The quantitative estimate of drug-likeness (QED) is 0.679. The Morgan fingerprint density at radius 1 is 1.38 bits per heavy atom. The average Bonchev–Trinajstić information content (AvgIpc) is 2.16. The maximum Gasteiger partial charge on any atom is 0.163 e. The highest BCUT2D eigenvalue weighted by Gasteiger charge is 2.31. The van der Waals surface area contributed by atoms with Crippen molar-refractivity contribution in [1.29, 1.82) is 0 Å². The number of allylic oxidation sites excluding steroid dienone is 1. The molecule has 1 fully saturated rings. The fourth-order valence-corrected chi connectivity index (χ4v) is 2.50. The van der Waals surface area contributed by atoms with Crippen LogP contribution in [0.25, 0.3) is 0 Å². The van der Waals surface area contributed by atoms with E-state index in [0.29, 0.717) is 5.92 Å². The first kappa shape index (κ1) is 13.7. The van der Waals surface area contributed by atoms with Crippen molar-refractivity contribution in [3.63, 3.8) is 0 Å². The molecule has 1 unspecified atom stereocenters. The summed E-state index contributed by atoms with van der Waals surface area (Å²) in [5.74, 6) is 0.180. The number of ether oxygens (including phenoxy) is 2. The molecule has 1 saturated heterocycles. The second-order valence-electron chi connectivity index (χ2n) is 5.36. The Morgan fingerprint density at radius 3 is 2.44 bits per heavy atom. The summed E-state index contributed by atoms with van der Waals surface area (Å²) < 4.78 is 11.6. The van der Waals surface area contributed by atoms with Gasteiger partial charge in [0.2, 0.25) is 0 Å². The van der Waals surface area contributed by atoms with Crippen LogP contribution in [-0.2, 0) is 9.47 Å².